The molecule has 0 unspecified atom stereocenters. The van der Waals surface area contributed by atoms with Crippen molar-refractivity contribution in [3.8, 4) is 0 Å². The maximum atomic E-state index is 11.4. The van der Waals surface area contributed by atoms with Gasteiger partial charge in [-0.25, -0.2) is 14.4 Å². The van der Waals surface area contributed by atoms with Gasteiger partial charge in [-0.15, -0.1) is 0 Å². The molecule has 1 heterocycles. The van der Waals surface area contributed by atoms with Crippen LogP contribution in [0.2, 0.25) is 0 Å². The van der Waals surface area contributed by atoms with Gasteiger partial charge in [-0.2, -0.15) is 0 Å². The Bertz CT molecular complexity index is 491. The number of carboxylic acids is 1. The number of nitrogens with one attached hydrogen (secondary N) is 2. The quantitative estimate of drug-likeness (QED) is 0.553. The van der Waals surface area contributed by atoms with Gasteiger partial charge in [-0.3, -0.25) is 4.98 Å². The first-order valence-corrected chi connectivity index (χ1v) is 5.14. The third kappa shape index (κ3) is 5.35. The molecule has 1 aromatic rings. The minimum absolute atomic E-state index is 0.0464. The van der Waals surface area contributed by atoms with Crippen LogP contribution < -0.4 is 16.4 Å². The first-order valence-electron chi connectivity index (χ1n) is 5.14. The maximum absolute atomic E-state index is 11.4. The van der Waals surface area contributed by atoms with Gasteiger partial charge in [-0.05, 0) is 6.07 Å². The summed E-state index contributed by atoms with van der Waals surface area (Å²) < 4.78 is 4.40. The number of carboxylic acid groups (broad SMARTS) is 1. The van der Waals surface area contributed by atoms with E-state index >= 15 is 0 Å². The summed E-state index contributed by atoms with van der Waals surface area (Å²) in [5.74, 6) is -1.15. The summed E-state index contributed by atoms with van der Waals surface area (Å²) in [5.41, 5.74) is 4.91. The lowest BCUT2D eigenvalue weighted by atomic mass is 10.3. The van der Waals surface area contributed by atoms with Gasteiger partial charge in [0.2, 0.25) is 0 Å². The van der Waals surface area contributed by atoms with Crippen LogP contribution in [0.3, 0.4) is 0 Å². The summed E-state index contributed by atoms with van der Waals surface area (Å²) in [6.07, 6.45) is 1.53. The number of pyridine rings is 1. The number of rotatable bonds is 5. The predicted molar refractivity (Wildman–Crippen MR) is 63.8 cm³/mol. The Hall–Kier alpha value is -2.84. The average molecular weight is 268 g/mol. The van der Waals surface area contributed by atoms with Crippen LogP contribution in [0.4, 0.5) is 15.3 Å². The van der Waals surface area contributed by atoms with Crippen molar-refractivity contribution >= 4 is 23.8 Å². The number of hydrogen-bond donors (Lipinski definition) is 4. The second-order valence-corrected chi connectivity index (χ2v) is 3.32. The van der Waals surface area contributed by atoms with Crippen molar-refractivity contribution in [3.63, 3.8) is 0 Å². The lowest BCUT2D eigenvalue weighted by molar-refractivity contribution is 0.0696. The summed E-state index contributed by atoms with van der Waals surface area (Å²) in [4.78, 5) is 36.0. The molecule has 9 nitrogen and oxygen atoms in total. The molecular weight excluding hydrogens is 256 g/mol. The highest BCUT2D eigenvalue weighted by molar-refractivity contribution is 5.92. The molecule has 0 spiro atoms. The summed E-state index contributed by atoms with van der Waals surface area (Å²) in [7, 11) is 0. The van der Waals surface area contributed by atoms with E-state index in [1.54, 1.807) is 0 Å². The number of amides is 3. The van der Waals surface area contributed by atoms with Gasteiger partial charge in [0, 0.05) is 6.20 Å². The minimum atomic E-state index is -1.15. The molecule has 19 heavy (non-hydrogen) atoms. The Morgan fingerprint density at radius 3 is 2.74 bits per heavy atom. The largest absolute Gasteiger partial charge is 0.478 e. The van der Waals surface area contributed by atoms with Gasteiger partial charge in [0.05, 0.1) is 24.0 Å². The molecule has 0 aliphatic rings. The normalized spacial score (nSPS) is 9.47. The number of urea groups is 1. The molecule has 0 saturated heterocycles. The highest BCUT2D eigenvalue weighted by atomic mass is 16.5. The van der Waals surface area contributed by atoms with Crippen molar-refractivity contribution in [3.05, 3.63) is 24.0 Å². The Labute approximate surface area is 107 Å². The molecule has 0 bridgehead atoms. The molecule has 3 amide bonds. The van der Waals surface area contributed by atoms with Gasteiger partial charge < -0.3 is 26.2 Å². The molecule has 5 N–H and O–H groups in total. The summed E-state index contributed by atoms with van der Waals surface area (Å²) >= 11 is 0. The fraction of sp³-hybridized carbons (Fsp3) is 0.200. The number of hydrogen-bond acceptors (Lipinski definition) is 5. The zero-order valence-corrected chi connectivity index (χ0v) is 9.75. The topological polar surface area (TPSA) is 144 Å². The number of anilines is 1. The number of aromatic carboxylic acids is 1. The van der Waals surface area contributed by atoms with E-state index in [2.05, 4.69) is 20.4 Å². The van der Waals surface area contributed by atoms with E-state index in [4.69, 9.17) is 10.8 Å². The number of nitrogens with zero attached hydrogens (tertiary/aromatic N) is 1. The highest BCUT2D eigenvalue weighted by Gasteiger charge is 2.06. The van der Waals surface area contributed by atoms with Crippen LogP contribution in [0, 0.1) is 0 Å². The maximum Gasteiger partial charge on any atom is 0.404 e. The van der Waals surface area contributed by atoms with E-state index in [1.165, 1.54) is 12.3 Å². The zero-order valence-electron chi connectivity index (χ0n) is 9.75. The highest BCUT2D eigenvalue weighted by Crippen LogP contribution is 2.07. The van der Waals surface area contributed by atoms with E-state index in [9.17, 15) is 14.4 Å². The molecule has 0 aliphatic carbocycles. The molecular formula is C10H12N4O5. The van der Waals surface area contributed by atoms with Gasteiger partial charge in [-0.1, -0.05) is 0 Å². The summed E-state index contributed by atoms with van der Waals surface area (Å²) in [6.45, 7) is 0.0109. The lowest BCUT2D eigenvalue weighted by Crippen LogP contribution is -2.32. The third-order valence-electron chi connectivity index (χ3n) is 1.88. The fourth-order valence-corrected chi connectivity index (χ4v) is 1.12. The van der Waals surface area contributed by atoms with Crippen molar-refractivity contribution in [2.45, 2.75) is 0 Å². The molecule has 1 aromatic heterocycles. The zero-order chi connectivity index (χ0) is 14.3. The number of nitrogens with two attached hydrogens (primary N) is 1. The van der Waals surface area contributed by atoms with Crippen molar-refractivity contribution < 1.29 is 24.2 Å². The van der Waals surface area contributed by atoms with E-state index in [0.717, 1.165) is 6.20 Å². The first kappa shape index (κ1) is 14.2. The van der Waals surface area contributed by atoms with Crippen LogP contribution in [-0.4, -0.2) is 41.3 Å². The SMILES string of the molecule is NC(=O)OCCNC(=O)Nc1cncc(C(=O)O)c1. The van der Waals surface area contributed by atoms with Crippen molar-refractivity contribution in [1.29, 1.82) is 0 Å². The summed E-state index contributed by atoms with van der Waals surface area (Å²) in [5, 5.41) is 13.5. The predicted octanol–water partition coefficient (Wildman–Crippen LogP) is -0.00340. The standard InChI is InChI=1S/C10H12N4O5/c11-9(17)19-2-1-13-10(18)14-7-3-6(8(15)16)4-12-5-7/h3-5H,1-2H2,(H2,11,17)(H,15,16)(H2,13,14,18). The first-order chi connectivity index (χ1) is 8.99. The van der Waals surface area contributed by atoms with Gasteiger partial charge >= 0.3 is 18.1 Å². The van der Waals surface area contributed by atoms with E-state index in [0.29, 0.717) is 0 Å². The van der Waals surface area contributed by atoms with E-state index in [-0.39, 0.29) is 24.4 Å². The average Bonchev–Trinajstić information content (AvgIpc) is 2.34. The molecule has 0 aliphatic heterocycles. The molecule has 1 rings (SSSR count). The fourth-order valence-electron chi connectivity index (χ4n) is 1.12. The second kappa shape index (κ2) is 6.79. The van der Waals surface area contributed by atoms with Crippen LogP contribution >= 0.6 is 0 Å². The van der Waals surface area contributed by atoms with E-state index in [1.807, 2.05) is 0 Å². The molecule has 0 saturated carbocycles. The summed E-state index contributed by atoms with van der Waals surface area (Å²) in [6, 6.07) is 0.673. The Morgan fingerprint density at radius 1 is 1.37 bits per heavy atom. The molecule has 9 heteroatoms. The van der Waals surface area contributed by atoms with Crippen LogP contribution in [0.15, 0.2) is 18.5 Å². The molecule has 0 fully saturated rings. The number of aromatic nitrogens is 1. The Kier molecular flexibility index (Phi) is 5.08. The van der Waals surface area contributed by atoms with Crippen LogP contribution in [-0.2, 0) is 4.74 Å². The second-order valence-electron chi connectivity index (χ2n) is 3.32. The lowest BCUT2D eigenvalue weighted by Gasteiger charge is -2.07. The number of carbonyl (C=O) groups is 3. The molecule has 0 aromatic carbocycles. The smallest absolute Gasteiger partial charge is 0.404 e. The van der Waals surface area contributed by atoms with Crippen LogP contribution in [0.5, 0.6) is 0 Å². The van der Waals surface area contributed by atoms with Gasteiger partial charge in [0.1, 0.15) is 6.61 Å². The van der Waals surface area contributed by atoms with Crippen molar-refractivity contribution in [2.75, 3.05) is 18.5 Å². The molecule has 102 valence electrons. The third-order valence-corrected chi connectivity index (χ3v) is 1.88. The monoisotopic (exact) mass is 268 g/mol. The minimum Gasteiger partial charge on any atom is -0.478 e. The number of ether oxygens (including phenoxy) is 1. The molecule has 0 radical (unpaired) electrons. The van der Waals surface area contributed by atoms with Crippen LogP contribution in [0.1, 0.15) is 10.4 Å². The number of carbonyl (C=O) groups excluding carboxylic acids is 2. The Morgan fingerprint density at radius 2 is 2.11 bits per heavy atom. The van der Waals surface area contributed by atoms with Crippen molar-refractivity contribution in [2.24, 2.45) is 5.73 Å². The van der Waals surface area contributed by atoms with Crippen molar-refractivity contribution in [1.82, 2.24) is 10.3 Å². The Balaban J connectivity index is 2.42. The van der Waals surface area contributed by atoms with Crippen LogP contribution in [0.25, 0.3) is 0 Å². The van der Waals surface area contributed by atoms with Gasteiger partial charge in [0.25, 0.3) is 0 Å². The molecule has 0 atom stereocenters. The van der Waals surface area contributed by atoms with E-state index < -0.39 is 18.1 Å². The number of primary amides is 1. The van der Waals surface area contributed by atoms with Gasteiger partial charge in [0.15, 0.2) is 0 Å².